The second-order valence-corrected chi connectivity index (χ2v) is 13.5. The Kier molecular flexibility index (Phi) is 7.31. The van der Waals surface area contributed by atoms with Crippen molar-refractivity contribution in [2.24, 2.45) is 0 Å². The highest BCUT2D eigenvalue weighted by Crippen LogP contribution is 2.38. The highest BCUT2D eigenvalue weighted by molar-refractivity contribution is 8.26. The molecule has 0 aliphatic carbocycles. The van der Waals surface area contributed by atoms with E-state index in [1.54, 1.807) is 10.8 Å². The summed E-state index contributed by atoms with van der Waals surface area (Å²) in [5.41, 5.74) is 4.29. The molecule has 1 aromatic heterocycles. The van der Waals surface area contributed by atoms with Crippen LogP contribution in [-0.2, 0) is 21.2 Å². The van der Waals surface area contributed by atoms with Crippen LogP contribution in [-0.4, -0.2) is 50.9 Å². The average molecular weight is 588 g/mol. The molecule has 2 aliphatic rings. The van der Waals surface area contributed by atoms with Crippen molar-refractivity contribution in [3.63, 3.8) is 0 Å². The smallest absolute Gasteiger partial charge is 0.266 e. The van der Waals surface area contributed by atoms with Gasteiger partial charge in [-0.3, -0.25) is 9.69 Å². The van der Waals surface area contributed by atoms with Crippen LogP contribution in [0.5, 0.6) is 5.75 Å². The summed E-state index contributed by atoms with van der Waals surface area (Å²) in [6, 6.07) is 27.0. The van der Waals surface area contributed by atoms with Gasteiger partial charge in [0.25, 0.3) is 5.91 Å². The molecular formula is C30H25N3O4S3. The van der Waals surface area contributed by atoms with Crippen molar-refractivity contribution in [2.45, 2.75) is 19.1 Å². The summed E-state index contributed by atoms with van der Waals surface area (Å²) in [6.45, 7) is 0.470. The topological polar surface area (TPSA) is 81.5 Å². The predicted octanol–water partition coefficient (Wildman–Crippen LogP) is 5.51. The van der Waals surface area contributed by atoms with Gasteiger partial charge in [0, 0.05) is 17.3 Å². The third-order valence-electron chi connectivity index (χ3n) is 6.82. The van der Waals surface area contributed by atoms with E-state index in [9.17, 15) is 13.2 Å². The zero-order valence-corrected chi connectivity index (χ0v) is 23.8. The minimum absolute atomic E-state index is 0.0530. The number of hydrogen-bond donors (Lipinski definition) is 0. The molecule has 3 aromatic carbocycles. The Bertz CT molecular complexity index is 1700. The number of thiocarbonyl (C=S) groups is 1. The Morgan fingerprint density at radius 1 is 1.00 bits per heavy atom. The molecule has 0 bridgehead atoms. The van der Waals surface area contributed by atoms with Crippen molar-refractivity contribution < 1.29 is 17.9 Å². The Balaban J connectivity index is 1.30. The molecule has 1 unspecified atom stereocenters. The van der Waals surface area contributed by atoms with Gasteiger partial charge in [-0.15, -0.1) is 0 Å². The van der Waals surface area contributed by atoms with Gasteiger partial charge in [-0.25, -0.2) is 13.1 Å². The molecule has 3 heterocycles. The molecule has 2 fully saturated rings. The number of nitrogens with zero attached hydrogens (tertiary/aromatic N) is 3. The number of aromatic nitrogens is 2. The number of carbonyl (C=O) groups excluding carboxylic acids is 1. The number of benzene rings is 3. The van der Waals surface area contributed by atoms with E-state index in [0.717, 1.165) is 28.1 Å². The number of thioether (sulfide) groups is 1. The van der Waals surface area contributed by atoms with Crippen LogP contribution in [0.25, 0.3) is 23.0 Å². The fourth-order valence-electron chi connectivity index (χ4n) is 4.80. The van der Waals surface area contributed by atoms with Gasteiger partial charge in [-0.1, -0.05) is 72.5 Å². The molecule has 0 N–H and O–H groups in total. The molecule has 0 radical (unpaired) electrons. The first-order valence-electron chi connectivity index (χ1n) is 12.8. The molecule has 2 saturated heterocycles. The van der Waals surface area contributed by atoms with Gasteiger partial charge in [-0.05, 0) is 54.5 Å². The molecule has 1 atom stereocenters. The highest BCUT2D eigenvalue weighted by atomic mass is 32.2. The largest absolute Gasteiger partial charge is 0.489 e. The molecule has 7 nitrogen and oxygen atoms in total. The van der Waals surface area contributed by atoms with Crippen molar-refractivity contribution in [1.29, 1.82) is 0 Å². The molecule has 2 aliphatic heterocycles. The Labute approximate surface area is 242 Å². The summed E-state index contributed by atoms with van der Waals surface area (Å²) >= 11 is 6.70. The maximum absolute atomic E-state index is 13.4. The quantitative estimate of drug-likeness (QED) is 0.208. The van der Waals surface area contributed by atoms with Crippen LogP contribution in [0.3, 0.4) is 0 Å². The fourth-order valence-corrected chi connectivity index (χ4v) is 7.89. The number of carbonyl (C=O) groups is 1. The number of para-hydroxylation sites is 1. The zero-order valence-electron chi connectivity index (χ0n) is 21.3. The molecular weight excluding hydrogens is 563 g/mol. The lowest BCUT2D eigenvalue weighted by molar-refractivity contribution is -0.123. The van der Waals surface area contributed by atoms with Gasteiger partial charge in [0.15, 0.2) is 9.84 Å². The van der Waals surface area contributed by atoms with Gasteiger partial charge in [0.2, 0.25) is 0 Å². The Morgan fingerprint density at radius 2 is 1.70 bits per heavy atom. The summed E-state index contributed by atoms with van der Waals surface area (Å²) in [6.07, 6.45) is 4.08. The van der Waals surface area contributed by atoms with Crippen molar-refractivity contribution in [3.05, 3.63) is 107 Å². The second kappa shape index (κ2) is 11.0. The number of sulfone groups is 1. The van der Waals surface area contributed by atoms with Crippen LogP contribution >= 0.6 is 24.0 Å². The van der Waals surface area contributed by atoms with Crippen LogP contribution in [0, 0.1) is 0 Å². The summed E-state index contributed by atoms with van der Waals surface area (Å²) in [4.78, 5) is 15.3. The van der Waals surface area contributed by atoms with E-state index in [4.69, 9.17) is 22.1 Å². The molecule has 0 saturated carbocycles. The molecule has 0 spiro atoms. The van der Waals surface area contributed by atoms with E-state index in [1.807, 2.05) is 91.1 Å². The summed E-state index contributed by atoms with van der Waals surface area (Å²) in [5, 5.41) is 4.86. The lowest BCUT2D eigenvalue weighted by Gasteiger charge is -2.20. The van der Waals surface area contributed by atoms with Crippen LogP contribution in [0.2, 0.25) is 0 Å². The third kappa shape index (κ3) is 5.60. The lowest BCUT2D eigenvalue weighted by atomic mass is 10.1. The van der Waals surface area contributed by atoms with Crippen molar-refractivity contribution in [1.82, 2.24) is 14.7 Å². The minimum atomic E-state index is -3.16. The van der Waals surface area contributed by atoms with Gasteiger partial charge >= 0.3 is 0 Å². The van der Waals surface area contributed by atoms with Gasteiger partial charge in [0.1, 0.15) is 16.7 Å². The minimum Gasteiger partial charge on any atom is -0.489 e. The van der Waals surface area contributed by atoms with Crippen molar-refractivity contribution in [3.8, 4) is 22.7 Å². The fraction of sp³-hybridized carbons (Fsp3) is 0.167. The Hall–Kier alpha value is -3.73. The normalized spacial score (nSPS) is 19.4. The van der Waals surface area contributed by atoms with Gasteiger partial charge in [-0.2, -0.15) is 5.10 Å². The van der Waals surface area contributed by atoms with Gasteiger partial charge < -0.3 is 4.74 Å². The van der Waals surface area contributed by atoms with Crippen LogP contribution < -0.4 is 4.74 Å². The van der Waals surface area contributed by atoms with Gasteiger partial charge in [0.05, 0.1) is 33.8 Å². The van der Waals surface area contributed by atoms with Crippen LogP contribution in [0.1, 0.15) is 17.5 Å². The number of hydrogen-bond acceptors (Lipinski definition) is 7. The molecule has 1 amide bonds. The second-order valence-electron chi connectivity index (χ2n) is 9.62. The lowest BCUT2D eigenvalue weighted by Crippen LogP contribution is -2.39. The summed E-state index contributed by atoms with van der Waals surface area (Å²) in [5.74, 6) is 0.499. The number of amides is 1. The first kappa shape index (κ1) is 26.5. The average Bonchev–Trinajstić information content (AvgIpc) is 3.63. The number of ether oxygens (including phenoxy) is 1. The maximum atomic E-state index is 13.4. The standard InChI is InChI=1S/C30H25N3O4S3/c34-29-27(39-30(38)33(29)25-15-16-40(35,36)20-25)17-23-18-32(24-9-5-2-6-10-24)31-28(23)22-11-13-26(14-12-22)37-19-21-7-3-1-4-8-21/h1-14,17-18,25H,15-16,19-20H2/b27-17-. The van der Waals surface area contributed by atoms with Crippen LogP contribution in [0.4, 0.5) is 0 Å². The van der Waals surface area contributed by atoms with E-state index >= 15 is 0 Å². The molecule has 10 heteroatoms. The predicted molar refractivity (Wildman–Crippen MR) is 162 cm³/mol. The Morgan fingerprint density at radius 3 is 2.38 bits per heavy atom. The van der Waals surface area contributed by atoms with E-state index in [-0.39, 0.29) is 17.4 Å². The summed E-state index contributed by atoms with van der Waals surface area (Å²) in [7, 11) is -3.16. The SMILES string of the molecule is O=C1/C(=C/c2cn(-c3ccccc3)nc2-c2ccc(OCc3ccccc3)cc2)SC(=S)N1C1CCS(=O)(=O)C1. The van der Waals surface area contributed by atoms with Crippen molar-refractivity contribution in [2.75, 3.05) is 11.5 Å². The van der Waals surface area contributed by atoms with Crippen LogP contribution in [0.15, 0.2) is 96.0 Å². The molecule has 4 aromatic rings. The first-order valence-corrected chi connectivity index (χ1v) is 15.8. The van der Waals surface area contributed by atoms with E-state index in [2.05, 4.69) is 0 Å². The third-order valence-corrected chi connectivity index (χ3v) is 9.90. The monoisotopic (exact) mass is 587 g/mol. The van der Waals surface area contributed by atoms with E-state index in [0.29, 0.717) is 27.9 Å². The highest BCUT2D eigenvalue weighted by Gasteiger charge is 2.42. The van der Waals surface area contributed by atoms with Crippen molar-refractivity contribution >= 4 is 50.1 Å². The number of rotatable bonds is 7. The first-order chi connectivity index (χ1) is 19.4. The molecule has 202 valence electrons. The summed E-state index contributed by atoms with van der Waals surface area (Å²) < 4.78 is 32.2. The molecule has 40 heavy (non-hydrogen) atoms. The molecule has 6 rings (SSSR count). The zero-order chi connectivity index (χ0) is 27.7. The van der Waals surface area contributed by atoms with E-state index in [1.165, 1.54) is 16.7 Å². The maximum Gasteiger partial charge on any atom is 0.266 e. The van der Waals surface area contributed by atoms with E-state index < -0.39 is 15.9 Å².